The normalized spacial score (nSPS) is 25.8. The predicted molar refractivity (Wildman–Crippen MR) is 129 cm³/mol. The molecule has 0 bridgehead atoms. The van der Waals surface area contributed by atoms with E-state index < -0.39 is 0 Å². The van der Waals surface area contributed by atoms with E-state index in [2.05, 4.69) is 72.5 Å². The van der Waals surface area contributed by atoms with Crippen LogP contribution in [0, 0.1) is 17.8 Å². The van der Waals surface area contributed by atoms with Gasteiger partial charge in [0.2, 0.25) is 11.8 Å². The highest BCUT2D eigenvalue weighted by molar-refractivity contribution is 5.92. The second kappa shape index (κ2) is 9.68. The van der Waals surface area contributed by atoms with Crippen LogP contribution in [0.25, 0.3) is 0 Å². The Morgan fingerprint density at radius 2 is 1.30 bits per heavy atom. The number of hydrogen-bond acceptors (Lipinski definition) is 3. The molecule has 0 N–H and O–H groups in total. The van der Waals surface area contributed by atoms with Gasteiger partial charge in [0.05, 0.1) is 17.9 Å². The van der Waals surface area contributed by atoms with Gasteiger partial charge in [-0.2, -0.15) is 0 Å². The average Bonchev–Trinajstić information content (AvgIpc) is 3.66. The van der Waals surface area contributed by atoms with E-state index in [1.807, 2.05) is 9.80 Å². The van der Waals surface area contributed by atoms with Crippen LogP contribution in [-0.2, 0) is 9.59 Å². The maximum Gasteiger partial charge on any atom is 0.226 e. The maximum atomic E-state index is 13.2. The molecular formula is C28H35N3O2. The number of nitrogens with zero attached hydrogens (tertiary/aromatic N) is 3. The minimum absolute atomic E-state index is 0.0813. The molecule has 3 atom stereocenters. The minimum atomic E-state index is -0.0969. The number of hydrogen-bond donors (Lipinski definition) is 0. The van der Waals surface area contributed by atoms with E-state index in [-0.39, 0.29) is 29.7 Å². The summed E-state index contributed by atoms with van der Waals surface area (Å²) in [6, 6.07) is 21.5. The Kier molecular flexibility index (Phi) is 6.50. The molecule has 3 aliphatic rings. The van der Waals surface area contributed by atoms with E-state index in [1.165, 1.54) is 17.5 Å². The number of carbonyl (C=O) groups excluding carboxylic acids is 2. The van der Waals surface area contributed by atoms with Crippen molar-refractivity contribution in [3.8, 4) is 0 Å². The third-order valence-corrected chi connectivity index (χ3v) is 7.62. The molecule has 2 aromatic rings. The summed E-state index contributed by atoms with van der Waals surface area (Å²) >= 11 is 0. The average molecular weight is 446 g/mol. The Morgan fingerprint density at radius 3 is 1.85 bits per heavy atom. The van der Waals surface area contributed by atoms with Crippen molar-refractivity contribution >= 4 is 11.8 Å². The molecule has 5 rings (SSSR count). The van der Waals surface area contributed by atoms with Gasteiger partial charge in [-0.1, -0.05) is 67.6 Å². The number of piperazine rings is 1. The smallest absolute Gasteiger partial charge is 0.226 e. The Balaban J connectivity index is 1.20. The second-order valence-corrected chi connectivity index (χ2v) is 10.1. The zero-order chi connectivity index (χ0) is 22.8. The van der Waals surface area contributed by atoms with E-state index in [1.54, 1.807) is 0 Å². The minimum Gasteiger partial charge on any atom is -0.342 e. The van der Waals surface area contributed by atoms with Crippen molar-refractivity contribution in [2.24, 2.45) is 17.8 Å². The summed E-state index contributed by atoms with van der Waals surface area (Å²) in [5, 5.41) is 0. The summed E-state index contributed by atoms with van der Waals surface area (Å²) in [6.07, 6.45) is 3.03. The number of rotatable bonds is 5. The van der Waals surface area contributed by atoms with Crippen molar-refractivity contribution in [1.82, 2.24) is 14.7 Å². The third-order valence-electron chi connectivity index (χ3n) is 7.62. The van der Waals surface area contributed by atoms with Gasteiger partial charge < -0.3 is 9.80 Å². The van der Waals surface area contributed by atoms with Crippen LogP contribution in [-0.4, -0.2) is 65.8 Å². The fraction of sp³-hybridized carbons (Fsp3) is 0.500. The lowest BCUT2D eigenvalue weighted by Gasteiger charge is -2.40. The van der Waals surface area contributed by atoms with E-state index in [0.717, 1.165) is 52.1 Å². The Bertz CT molecular complexity index is 916. The first-order valence-corrected chi connectivity index (χ1v) is 12.5. The van der Waals surface area contributed by atoms with E-state index in [0.29, 0.717) is 5.92 Å². The lowest BCUT2D eigenvalue weighted by atomic mass is 9.96. The van der Waals surface area contributed by atoms with Crippen molar-refractivity contribution < 1.29 is 9.59 Å². The number of carbonyl (C=O) groups is 2. The summed E-state index contributed by atoms with van der Waals surface area (Å²) in [6.45, 7) is 7.08. The quantitative estimate of drug-likeness (QED) is 0.703. The molecule has 3 fully saturated rings. The SMILES string of the molecule is CC1CCCN(C(=O)C2CC2C(=O)N2CCN(C(c3ccccc3)c3ccccc3)CC2)C1. The van der Waals surface area contributed by atoms with Gasteiger partial charge in [0.25, 0.3) is 0 Å². The van der Waals surface area contributed by atoms with Crippen molar-refractivity contribution in [3.05, 3.63) is 71.8 Å². The zero-order valence-electron chi connectivity index (χ0n) is 19.6. The third kappa shape index (κ3) is 4.84. The van der Waals surface area contributed by atoms with Crippen LogP contribution < -0.4 is 0 Å². The first-order valence-electron chi connectivity index (χ1n) is 12.5. The number of benzene rings is 2. The van der Waals surface area contributed by atoms with Crippen molar-refractivity contribution in [2.75, 3.05) is 39.3 Å². The molecular weight excluding hydrogens is 410 g/mol. The van der Waals surface area contributed by atoms with Gasteiger partial charge >= 0.3 is 0 Å². The molecule has 0 radical (unpaired) electrons. The number of amides is 2. The van der Waals surface area contributed by atoms with E-state index >= 15 is 0 Å². The number of likely N-dealkylation sites (tertiary alicyclic amines) is 1. The molecule has 1 aliphatic carbocycles. The van der Waals surface area contributed by atoms with Gasteiger partial charge in [-0.15, -0.1) is 0 Å². The van der Waals surface area contributed by atoms with Crippen molar-refractivity contribution in [3.63, 3.8) is 0 Å². The summed E-state index contributed by atoms with van der Waals surface area (Å²) in [4.78, 5) is 32.6. The predicted octanol–water partition coefficient (Wildman–Crippen LogP) is 3.81. The lowest BCUT2D eigenvalue weighted by Crippen LogP contribution is -2.50. The van der Waals surface area contributed by atoms with Crippen LogP contribution in [0.3, 0.4) is 0 Å². The molecule has 0 aromatic heterocycles. The zero-order valence-corrected chi connectivity index (χ0v) is 19.6. The molecule has 33 heavy (non-hydrogen) atoms. The lowest BCUT2D eigenvalue weighted by molar-refractivity contribution is -0.139. The first kappa shape index (κ1) is 22.1. The van der Waals surface area contributed by atoms with Gasteiger partial charge in [-0.05, 0) is 36.3 Å². The molecule has 2 amide bonds. The highest BCUT2D eigenvalue weighted by atomic mass is 16.2. The summed E-state index contributed by atoms with van der Waals surface area (Å²) in [5.74, 6) is 0.800. The number of piperidine rings is 1. The largest absolute Gasteiger partial charge is 0.342 e. The Hall–Kier alpha value is -2.66. The molecule has 5 heteroatoms. The highest BCUT2D eigenvalue weighted by Gasteiger charge is 2.51. The maximum absolute atomic E-state index is 13.2. The first-order chi connectivity index (χ1) is 16.1. The van der Waals surface area contributed by atoms with Gasteiger partial charge in [0.15, 0.2) is 0 Å². The summed E-state index contributed by atoms with van der Waals surface area (Å²) in [5.41, 5.74) is 2.57. The fourth-order valence-corrected chi connectivity index (χ4v) is 5.68. The van der Waals surface area contributed by atoms with Crippen LogP contribution in [0.5, 0.6) is 0 Å². The van der Waals surface area contributed by atoms with Crippen molar-refractivity contribution in [2.45, 2.75) is 32.2 Å². The monoisotopic (exact) mass is 445 g/mol. The van der Waals surface area contributed by atoms with Gasteiger partial charge in [0.1, 0.15) is 0 Å². The molecule has 2 aliphatic heterocycles. The molecule has 1 saturated carbocycles. The Morgan fingerprint density at radius 1 is 0.758 bits per heavy atom. The topological polar surface area (TPSA) is 43.9 Å². The van der Waals surface area contributed by atoms with Crippen LogP contribution in [0.15, 0.2) is 60.7 Å². The molecule has 0 spiro atoms. The molecule has 2 heterocycles. The molecule has 2 saturated heterocycles. The van der Waals surface area contributed by atoms with Crippen LogP contribution in [0.2, 0.25) is 0 Å². The van der Waals surface area contributed by atoms with Crippen molar-refractivity contribution in [1.29, 1.82) is 0 Å². The molecule has 5 nitrogen and oxygen atoms in total. The van der Waals surface area contributed by atoms with Gasteiger partial charge in [0, 0.05) is 39.3 Å². The Labute approximate surface area is 197 Å². The molecule has 3 unspecified atom stereocenters. The van der Waals surface area contributed by atoms with Gasteiger partial charge in [-0.25, -0.2) is 0 Å². The summed E-state index contributed by atoms with van der Waals surface area (Å²) in [7, 11) is 0. The second-order valence-electron chi connectivity index (χ2n) is 10.1. The van der Waals surface area contributed by atoms with Crippen LogP contribution in [0.4, 0.5) is 0 Å². The van der Waals surface area contributed by atoms with Crippen LogP contribution >= 0.6 is 0 Å². The van der Waals surface area contributed by atoms with Crippen LogP contribution in [0.1, 0.15) is 43.4 Å². The van der Waals surface area contributed by atoms with E-state index in [4.69, 9.17) is 0 Å². The summed E-state index contributed by atoms with van der Waals surface area (Å²) < 4.78 is 0. The molecule has 2 aromatic carbocycles. The van der Waals surface area contributed by atoms with Gasteiger partial charge in [-0.3, -0.25) is 14.5 Å². The van der Waals surface area contributed by atoms with E-state index in [9.17, 15) is 9.59 Å². The fourth-order valence-electron chi connectivity index (χ4n) is 5.68. The molecule has 174 valence electrons. The standard InChI is InChI=1S/C28H35N3O2/c1-21-9-8-14-31(20-21)28(33)25-19-24(25)27(32)30-17-15-29(16-18-30)26(22-10-4-2-5-11-22)23-12-6-3-7-13-23/h2-7,10-13,21,24-26H,8-9,14-20H2,1H3. The highest BCUT2D eigenvalue weighted by Crippen LogP contribution is 2.42.